The summed E-state index contributed by atoms with van der Waals surface area (Å²) in [5.74, 6) is -0.244. The van der Waals surface area contributed by atoms with Crippen LogP contribution in [0.3, 0.4) is 0 Å². The summed E-state index contributed by atoms with van der Waals surface area (Å²) in [6.45, 7) is 2.87. The zero-order chi connectivity index (χ0) is 16.9. The van der Waals surface area contributed by atoms with Crippen LogP contribution in [0.5, 0.6) is 0 Å². The fourth-order valence-corrected chi connectivity index (χ4v) is 3.19. The van der Waals surface area contributed by atoms with Crippen molar-refractivity contribution < 1.29 is 19.1 Å². The maximum Gasteiger partial charge on any atom is 0.263 e. The minimum absolute atomic E-state index is 0.00106. The second kappa shape index (κ2) is 7.65. The number of hydrogen-bond donors (Lipinski definition) is 1. The van der Waals surface area contributed by atoms with E-state index >= 15 is 0 Å². The van der Waals surface area contributed by atoms with Crippen LogP contribution in [-0.4, -0.2) is 35.9 Å². The van der Waals surface area contributed by atoms with Gasteiger partial charge in [-0.05, 0) is 6.92 Å². The Bertz CT molecular complexity index is 710. The monoisotopic (exact) mass is 346 g/mol. The third kappa shape index (κ3) is 4.05. The minimum Gasteiger partial charge on any atom is -0.348 e. The Balaban J connectivity index is 1.55. The van der Waals surface area contributed by atoms with E-state index in [4.69, 9.17) is 9.47 Å². The van der Waals surface area contributed by atoms with Crippen molar-refractivity contribution in [1.29, 1.82) is 0 Å². The Labute approximate surface area is 143 Å². The molecule has 1 aromatic carbocycles. The maximum absolute atomic E-state index is 12.3. The van der Waals surface area contributed by atoms with E-state index < -0.39 is 6.29 Å². The summed E-state index contributed by atoms with van der Waals surface area (Å²) in [6, 6.07) is 8.78. The molecule has 2 aromatic rings. The van der Waals surface area contributed by atoms with Gasteiger partial charge in [0.15, 0.2) is 5.78 Å². The summed E-state index contributed by atoms with van der Waals surface area (Å²) in [6.07, 6.45) is 1.27. The average Bonchev–Trinajstić information content (AvgIpc) is 3.26. The number of carbonyl (C=O) groups excluding carboxylic acids is 2. The van der Waals surface area contributed by atoms with E-state index in [0.717, 1.165) is 0 Å². The van der Waals surface area contributed by atoms with Gasteiger partial charge in [0.25, 0.3) is 5.91 Å². The van der Waals surface area contributed by atoms with Crippen molar-refractivity contribution in [2.45, 2.75) is 25.7 Å². The molecule has 7 heteroatoms. The number of thiazole rings is 1. The highest BCUT2D eigenvalue weighted by Gasteiger charge is 2.23. The fourth-order valence-electron chi connectivity index (χ4n) is 2.37. The first kappa shape index (κ1) is 16.8. The van der Waals surface area contributed by atoms with Crippen LogP contribution in [0.1, 0.15) is 44.7 Å². The largest absolute Gasteiger partial charge is 0.348 e. The molecular weight excluding hydrogens is 328 g/mol. The van der Waals surface area contributed by atoms with Crippen LogP contribution in [0.4, 0.5) is 0 Å². The second-order valence-corrected chi connectivity index (χ2v) is 6.57. The van der Waals surface area contributed by atoms with E-state index in [1.54, 1.807) is 12.1 Å². The first-order valence-electron chi connectivity index (χ1n) is 7.71. The predicted octanol–water partition coefficient (Wildman–Crippen LogP) is 2.58. The van der Waals surface area contributed by atoms with Crippen LogP contribution in [0, 0.1) is 0 Å². The van der Waals surface area contributed by atoms with Crippen LogP contribution in [0.25, 0.3) is 0 Å². The Hall–Kier alpha value is -2.09. The molecule has 1 aromatic heterocycles. The van der Waals surface area contributed by atoms with Gasteiger partial charge in [-0.2, -0.15) is 0 Å². The standard InChI is InChI=1S/C17H18N2O4S/c1-11(9-13(20)12-5-3-2-4-6-12)19-15(21)14-10-18-16(24-14)17-22-7-8-23-17/h2-6,10-11,17H,7-9H2,1H3,(H,19,21). The molecule has 0 radical (unpaired) electrons. The van der Waals surface area contributed by atoms with Crippen molar-refractivity contribution in [3.8, 4) is 0 Å². The van der Waals surface area contributed by atoms with Gasteiger partial charge in [-0.15, -0.1) is 11.3 Å². The Morgan fingerprint density at radius 3 is 2.71 bits per heavy atom. The van der Waals surface area contributed by atoms with E-state index in [0.29, 0.717) is 28.7 Å². The zero-order valence-corrected chi connectivity index (χ0v) is 14.0. The van der Waals surface area contributed by atoms with Crippen LogP contribution in [-0.2, 0) is 9.47 Å². The molecule has 1 unspecified atom stereocenters. The van der Waals surface area contributed by atoms with E-state index in [1.807, 2.05) is 25.1 Å². The molecule has 1 saturated heterocycles. The predicted molar refractivity (Wildman–Crippen MR) is 89.1 cm³/mol. The van der Waals surface area contributed by atoms with Gasteiger partial charge in [0, 0.05) is 18.0 Å². The van der Waals surface area contributed by atoms with E-state index in [2.05, 4.69) is 10.3 Å². The summed E-state index contributed by atoms with van der Waals surface area (Å²) >= 11 is 1.24. The minimum atomic E-state index is -0.478. The molecule has 126 valence electrons. The Morgan fingerprint density at radius 2 is 2.00 bits per heavy atom. The molecule has 1 aliphatic heterocycles. The molecule has 0 spiro atoms. The summed E-state index contributed by atoms with van der Waals surface area (Å²) in [5.41, 5.74) is 0.647. The van der Waals surface area contributed by atoms with Gasteiger partial charge in [-0.25, -0.2) is 4.98 Å². The first-order chi connectivity index (χ1) is 11.6. The second-order valence-electron chi connectivity index (χ2n) is 5.50. The summed E-state index contributed by atoms with van der Waals surface area (Å²) < 4.78 is 10.7. The molecule has 1 N–H and O–H groups in total. The number of ether oxygens (including phenoxy) is 2. The number of aromatic nitrogens is 1. The lowest BCUT2D eigenvalue weighted by molar-refractivity contribution is -0.0442. The smallest absolute Gasteiger partial charge is 0.263 e. The highest BCUT2D eigenvalue weighted by Crippen LogP contribution is 2.27. The maximum atomic E-state index is 12.3. The number of hydrogen-bond acceptors (Lipinski definition) is 6. The number of rotatable bonds is 6. The molecule has 1 fully saturated rings. The topological polar surface area (TPSA) is 77.5 Å². The number of nitrogens with one attached hydrogen (secondary N) is 1. The summed E-state index contributed by atoms with van der Waals surface area (Å²) in [4.78, 5) is 29.1. The number of amides is 1. The molecule has 3 rings (SSSR count). The van der Waals surface area contributed by atoms with E-state index in [9.17, 15) is 9.59 Å². The van der Waals surface area contributed by atoms with E-state index in [1.165, 1.54) is 17.5 Å². The number of nitrogens with zero attached hydrogens (tertiary/aromatic N) is 1. The van der Waals surface area contributed by atoms with Crippen molar-refractivity contribution in [1.82, 2.24) is 10.3 Å². The first-order valence-corrected chi connectivity index (χ1v) is 8.53. The zero-order valence-electron chi connectivity index (χ0n) is 13.2. The van der Waals surface area contributed by atoms with Crippen molar-refractivity contribution >= 4 is 23.0 Å². The Morgan fingerprint density at radius 1 is 1.29 bits per heavy atom. The van der Waals surface area contributed by atoms with Gasteiger partial charge >= 0.3 is 0 Å². The van der Waals surface area contributed by atoms with Gasteiger partial charge in [0.2, 0.25) is 6.29 Å². The SMILES string of the molecule is CC(CC(=O)c1ccccc1)NC(=O)c1cnc(C2OCCO2)s1. The van der Waals surface area contributed by atoms with Crippen molar-refractivity contribution in [3.05, 3.63) is 52.0 Å². The summed E-state index contributed by atoms with van der Waals surface area (Å²) in [5, 5.41) is 3.46. The number of benzene rings is 1. The summed E-state index contributed by atoms with van der Waals surface area (Å²) in [7, 11) is 0. The van der Waals surface area contributed by atoms with Crippen LogP contribution in [0.2, 0.25) is 0 Å². The third-order valence-corrected chi connectivity index (χ3v) is 4.55. The fraction of sp³-hybridized carbons (Fsp3) is 0.353. The molecule has 0 bridgehead atoms. The molecule has 0 aliphatic carbocycles. The third-order valence-electron chi connectivity index (χ3n) is 3.54. The average molecular weight is 346 g/mol. The lowest BCUT2D eigenvalue weighted by atomic mass is 10.0. The van der Waals surface area contributed by atoms with Crippen molar-refractivity contribution in [2.24, 2.45) is 0 Å². The Kier molecular flexibility index (Phi) is 5.34. The van der Waals surface area contributed by atoms with Gasteiger partial charge in [0.1, 0.15) is 9.88 Å². The van der Waals surface area contributed by atoms with Crippen LogP contribution >= 0.6 is 11.3 Å². The normalized spacial score (nSPS) is 16.0. The molecule has 2 heterocycles. The van der Waals surface area contributed by atoms with Gasteiger partial charge in [-0.1, -0.05) is 30.3 Å². The van der Waals surface area contributed by atoms with E-state index in [-0.39, 0.29) is 24.2 Å². The quantitative estimate of drug-likeness (QED) is 0.814. The molecular formula is C17H18N2O4S. The highest BCUT2D eigenvalue weighted by molar-refractivity contribution is 7.13. The van der Waals surface area contributed by atoms with Crippen molar-refractivity contribution in [2.75, 3.05) is 13.2 Å². The number of Topliss-reactive ketones (excluding diaryl/α,β-unsaturated/α-hetero) is 1. The van der Waals surface area contributed by atoms with Crippen LogP contribution in [0.15, 0.2) is 36.5 Å². The highest BCUT2D eigenvalue weighted by atomic mass is 32.1. The lowest BCUT2D eigenvalue weighted by Crippen LogP contribution is -2.33. The van der Waals surface area contributed by atoms with Gasteiger partial charge < -0.3 is 14.8 Å². The lowest BCUT2D eigenvalue weighted by Gasteiger charge is -2.12. The van der Waals surface area contributed by atoms with Crippen LogP contribution < -0.4 is 5.32 Å². The molecule has 0 saturated carbocycles. The molecule has 1 amide bonds. The molecule has 1 aliphatic rings. The van der Waals surface area contributed by atoms with Crippen molar-refractivity contribution in [3.63, 3.8) is 0 Å². The molecule has 6 nitrogen and oxygen atoms in total. The number of carbonyl (C=O) groups is 2. The molecule has 1 atom stereocenters. The molecule has 24 heavy (non-hydrogen) atoms. The number of ketones is 1. The van der Waals surface area contributed by atoms with Gasteiger partial charge in [0.05, 0.1) is 19.4 Å². The van der Waals surface area contributed by atoms with Gasteiger partial charge in [-0.3, -0.25) is 9.59 Å².